The molecule has 0 N–H and O–H groups in total. The van der Waals surface area contributed by atoms with Gasteiger partial charge >= 0.3 is 0 Å². The molecule has 1 fully saturated rings. The molecule has 44 heavy (non-hydrogen) atoms. The van der Waals surface area contributed by atoms with Crippen LogP contribution in [-0.2, 0) is 14.6 Å². The summed E-state index contributed by atoms with van der Waals surface area (Å²) in [6.07, 6.45) is 1.33. The van der Waals surface area contributed by atoms with Gasteiger partial charge < -0.3 is 33.3 Å². The van der Waals surface area contributed by atoms with Crippen LogP contribution >= 0.6 is 11.8 Å². The SMILES string of the molecule is CCCS(=O)(=O)c1cc([C@H]2CC[C@H](c3cc(OC)c(OC)c(OC)c3)O2)cc(OC)c1OCCSc1ccc(N(C)C)cc1. The molecule has 1 aliphatic rings. The van der Waals surface area contributed by atoms with Gasteiger partial charge in [-0.25, -0.2) is 8.42 Å². The molecule has 1 saturated heterocycles. The number of hydrogen-bond acceptors (Lipinski definition) is 10. The van der Waals surface area contributed by atoms with Crippen molar-refractivity contribution in [2.45, 2.75) is 48.2 Å². The summed E-state index contributed by atoms with van der Waals surface area (Å²) >= 11 is 1.65. The van der Waals surface area contributed by atoms with Crippen molar-refractivity contribution in [1.29, 1.82) is 0 Å². The van der Waals surface area contributed by atoms with Crippen LogP contribution in [0.25, 0.3) is 0 Å². The van der Waals surface area contributed by atoms with Crippen LogP contribution in [0.5, 0.6) is 28.7 Å². The molecule has 3 aromatic rings. The van der Waals surface area contributed by atoms with Gasteiger partial charge in [-0.3, -0.25) is 0 Å². The topological polar surface area (TPSA) is 92.8 Å². The second kappa shape index (κ2) is 15.1. The first kappa shape index (κ1) is 33.6. The highest BCUT2D eigenvalue weighted by atomic mass is 32.2. The molecule has 0 radical (unpaired) electrons. The van der Waals surface area contributed by atoms with Crippen molar-refractivity contribution >= 4 is 27.3 Å². The van der Waals surface area contributed by atoms with E-state index in [0.29, 0.717) is 48.2 Å². The van der Waals surface area contributed by atoms with Crippen molar-refractivity contribution in [3.8, 4) is 28.7 Å². The van der Waals surface area contributed by atoms with E-state index in [1.165, 1.54) is 7.11 Å². The molecule has 0 aliphatic carbocycles. The first-order valence-corrected chi connectivity index (χ1v) is 17.2. The number of anilines is 1. The molecule has 3 aromatic carbocycles. The molecule has 1 aliphatic heterocycles. The fourth-order valence-corrected chi connectivity index (χ4v) is 7.49. The maximum Gasteiger partial charge on any atom is 0.203 e. The van der Waals surface area contributed by atoms with Crippen LogP contribution in [0.1, 0.15) is 49.5 Å². The van der Waals surface area contributed by atoms with E-state index in [1.807, 2.05) is 39.2 Å². The molecule has 0 saturated carbocycles. The molecule has 0 unspecified atom stereocenters. The lowest BCUT2D eigenvalue weighted by atomic mass is 10.0. The lowest BCUT2D eigenvalue weighted by Crippen LogP contribution is -2.12. The third-order valence-corrected chi connectivity index (χ3v) is 10.4. The summed E-state index contributed by atoms with van der Waals surface area (Å²) in [5.41, 5.74) is 2.75. The zero-order valence-corrected chi connectivity index (χ0v) is 28.2. The van der Waals surface area contributed by atoms with E-state index in [2.05, 4.69) is 29.2 Å². The summed E-state index contributed by atoms with van der Waals surface area (Å²) in [5, 5.41) is 0. The van der Waals surface area contributed by atoms with E-state index < -0.39 is 9.84 Å². The first-order valence-electron chi connectivity index (χ1n) is 14.6. The number of thioether (sulfide) groups is 1. The largest absolute Gasteiger partial charge is 0.493 e. The van der Waals surface area contributed by atoms with E-state index >= 15 is 0 Å². The summed E-state index contributed by atoms with van der Waals surface area (Å²) in [5.74, 6) is 2.87. The fourth-order valence-electron chi connectivity index (χ4n) is 5.25. The van der Waals surface area contributed by atoms with Gasteiger partial charge in [-0.2, -0.15) is 0 Å². The van der Waals surface area contributed by atoms with Crippen LogP contribution < -0.4 is 28.6 Å². The molecular weight excluding hydrogens is 602 g/mol. The Balaban J connectivity index is 1.56. The van der Waals surface area contributed by atoms with Gasteiger partial charge in [0.2, 0.25) is 5.75 Å². The molecular formula is C33H43NO8S2. The molecule has 2 atom stereocenters. The molecule has 240 valence electrons. The van der Waals surface area contributed by atoms with E-state index in [1.54, 1.807) is 39.2 Å². The highest BCUT2D eigenvalue weighted by Gasteiger charge is 2.32. The zero-order valence-electron chi connectivity index (χ0n) is 26.5. The van der Waals surface area contributed by atoms with Crippen LogP contribution in [0.4, 0.5) is 5.69 Å². The summed E-state index contributed by atoms with van der Waals surface area (Å²) in [7, 11) is 6.62. The second-order valence-electron chi connectivity index (χ2n) is 10.6. The minimum absolute atomic E-state index is 0.00251. The molecule has 4 rings (SSSR count). The normalized spacial score (nSPS) is 16.4. The summed E-state index contributed by atoms with van der Waals surface area (Å²) in [6, 6.07) is 15.6. The van der Waals surface area contributed by atoms with Gasteiger partial charge in [-0.05, 0) is 78.9 Å². The van der Waals surface area contributed by atoms with E-state index in [-0.39, 0.29) is 28.6 Å². The molecule has 0 aromatic heterocycles. The van der Waals surface area contributed by atoms with Gasteiger partial charge in [0.05, 0.1) is 53.0 Å². The minimum atomic E-state index is -3.64. The summed E-state index contributed by atoms with van der Waals surface area (Å²) < 4.78 is 61.8. The summed E-state index contributed by atoms with van der Waals surface area (Å²) in [4.78, 5) is 3.30. The van der Waals surface area contributed by atoms with Crippen molar-refractivity contribution < 1.29 is 36.8 Å². The average Bonchev–Trinajstić information content (AvgIpc) is 3.52. The lowest BCUT2D eigenvalue weighted by Gasteiger charge is -2.21. The Hall–Kier alpha value is -3.28. The maximum absolute atomic E-state index is 13.5. The van der Waals surface area contributed by atoms with Gasteiger partial charge in [0, 0.05) is 30.4 Å². The number of ether oxygens (including phenoxy) is 6. The highest BCUT2D eigenvalue weighted by Crippen LogP contribution is 2.48. The highest BCUT2D eigenvalue weighted by molar-refractivity contribution is 7.99. The number of sulfone groups is 1. The van der Waals surface area contributed by atoms with Crippen molar-refractivity contribution in [1.82, 2.24) is 0 Å². The van der Waals surface area contributed by atoms with E-state index in [4.69, 9.17) is 28.4 Å². The van der Waals surface area contributed by atoms with E-state index in [0.717, 1.165) is 28.1 Å². The molecule has 1 heterocycles. The summed E-state index contributed by atoms with van der Waals surface area (Å²) in [6.45, 7) is 2.16. The minimum Gasteiger partial charge on any atom is -0.493 e. The number of rotatable bonds is 15. The third kappa shape index (κ3) is 7.68. The van der Waals surface area contributed by atoms with Crippen molar-refractivity contribution in [3.63, 3.8) is 0 Å². The van der Waals surface area contributed by atoms with Crippen molar-refractivity contribution in [2.24, 2.45) is 0 Å². The molecule has 9 nitrogen and oxygen atoms in total. The van der Waals surface area contributed by atoms with Gasteiger partial charge in [-0.1, -0.05) is 6.92 Å². The van der Waals surface area contributed by atoms with Crippen LogP contribution in [-0.4, -0.2) is 69.1 Å². The maximum atomic E-state index is 13.5. The lowest BCUT2D eigenvalue weighted by molar-refractivity contribution is 0.0435. The number of benzene rings is 3. The third-order valence-electron chi connectivity index (χ3n) is 7.47. The Morgan fingerprint density at radius 1 is 0.818 bits per heavy atom. The van der Waals surface area contributed by atoms with Crippen molar-refractivity contribution in [2.75, 3.05) is 65.5 Å². The van der Waals surface area contributed by atoms with Gasteiger partial charge in [0.1, 0.15) is 4.90 Å². The van der Waals surface area contributed by atoms with Gasteiger partial charge in [0.15, 0.2) is 32.8 Å². The Morgan fingerprint density at radius 2 is 1.36 bits per heavy atom. The van der Waals surface area contributed by atoms with Crippen LogP contribution in [0, 0.1) is 0 Å². The van der Waals surface area contributed by atoms with Crippen LogP contribution in [0.2, 0.25) is 0 Å². The predicted molar refractivity (Wildman–Crippen MR) is 174 cm³/mol. The van der Waals surface area contributed by atoms with Crippen LogP contribution in [0.3, 0.4) is 0 Å². The Morgan fingerprint density at radius 3 is 1.86 bits per heavy atom. The number of nitrogens with zero attached hydrogens (tertiary/aromatic N) is 1. The van der Waals surface area contributed by atoms with Crippen LogP contribution in [0.15, 0.2) is 58.3 Å². The second-order valence-corrected chi connectivity index (χ2v) is 13.8. The average molecular weight is 646 g/mol. The van der Waals surface area contributed by atoms with E-state index in [9.17, 15) is 8.42 Å². The molecule has 0 amide bonds. The Labute approximate surface area is 265 Å². The standard InChI is InChI=1S/C33H43NO8S2/c1-8-17-44(35,36)31-21-23(27-14-13-26(42-27)22-18-28(37-4)32(40-7)29(19-22)38-5)20-30(39-6)33(31)41-15-16-43-25-11-9-24(10-12-25)34(2)3/h9-12,18-21,26-27H,8,13-17H2,1-7H3/t26-,27-/m1/s1. The smallest absolute Gasteiger partial charge is 0.203 e. The molecule has 0 spiro atoms. The molecule has 0 bridgehead atoms. The predicted octanol–water partition coefficient (Wildman–Crippen LogP) is 6.73. The van der Waals surface area contributed by atoms with Crippen molar-refractivity contribution in [3.05, 3.63) is 59.7 Å². The molecule has 11 heteroatoms. The monoisotopic (exact) mass is 645 g/mol. The number of hydrogen-bond donors (Lipinski definition) is 0. The Kier molecular flexibility index (Phi) is 11.6. The first-order chi connectivity index (χ1) is 21.1. The van der Waals surface area contributed by atoms with Gasteiger partial charge in [0.25, 0.3) is 0 Å². The Bertz CT molecular complexity index is 1480. The quantitative estimate of drug-likeness (QED) is 0.131. The number of methoxy groups -OCH3 is 4. The van der Waals surface area contributed by atoms with Gasteiger partial charge in [-0.15, -0.1) is 11.8 Å². The fraction of sp³-hybridized carbons (Fsp3) is 0.455. The zero-order chi connectivity index (χ0) is 31.9.